The molecule has 90 valence electrons. The van der Waals surface area contributed by atoms with E-state index < -0.39 is 9.84 Å². The first-order valence-corrected chi connectivity index (χ1v) is 6.70. The van der Waals surface area contributed by atoms with Gasteiger partial charge in [0, 0.05) is 19.4 Å². The molecule has 1 rings (SSSR count). The zero-order chi connectivity index (χ0) is 12.2. The summed E-state index contributed by atoms with van der Waals surface area (Å²) in [7, 11) is -1.66. The lowest BCUT2D eigenvalue weighted by atomic mass is 10.2. The monoisotopic (exact) mass is 243 g/mol. The number of sulfone groups is 1. The van der Waals surface area contributed by atoms with Crippen LogP contribution >= 0.6 is 0 Å². The van der Waals surface area contributed by atoms with Crippen LogP contribution in [0.1, 0.15) is 12.0 Å². The van der Waals surface area contributed by atoms with E-state index in [4.69, 9.17) is 10.5 Å². The second kappa shape index (κ2) is 5.32. The van der Waals surface area contributed by atoms with Crippen molar-refractivity contribution in [2.45, 2.75) is 18.2 Å². The minimum Gasteiger partial charge on any atom is -0.399 e. The number of nitrogens with two attached hydrogens (primary N) is 1. The number of hydrogen-bond acceptors (Lipinski definition) is 4. The molecule has 0 aromatic heterocycles. The zero-order valence-corrected chi connectivity index (χ0v) is 10.4. The average Bonchev–Trinajstić information content (AvgIpc) is 2.17. The lowest BCUT2D eigenvalue weighted by Crippen LogP contribution is -2.10. The predicted octanol–water partition coefficient (Wildman–Crippen LogP) is 1.39. The summed E-state index contributed by atoms with van der Waals surface area (Å²) >= 11 is 0. The fraction of sp³-hybridized carbons (Fsp3) is 0.455. The minimum absolute atomic E-state index is 0.103. The molecule has 0 heterocycles. The molecule has 0 bridgehead atoms. The number of anilines is 1. The third kappa shape index (κ3) is 3.21. The van der Waals surface area contributed by atoms with E-state index in [9.17, 15) is 8.42 Å². The third-order valence-corrected chi connectivity index (χ3v) is 4.25. The van der Waals surface area contributed by atoms with Gasteiger partial charge in [-0.2, -0.15) is 0 Å². The van der Waals surface area contributed by atoms with Crippen LogP contribution in [0.3, 0.4) is 0 Å². The maximum Gasteiger partial charge on any atom is 0.178 e. The molecule has 5 heteroatoms. The highest BCUT2D eigenvalue weighted by Gasteiger charge is 2.16. The van der Waals surface area contributed by atoms with Crippen molar-refractivity contribution in [1.82, 2.24) is 0 Å². The highest BCUT2D eigenvalue weighted by Crippen LogP contribution is 2.19. The van der Waals surface area contributed by atoms with Crippen LogP contribution in [0.5, 0.6) is 0 Å². The van der Waals surface area contributed by atoms with Gasteiger partial charge in [0.1, 0.15) is 0 Å². The van der Waals surface area contributed by atoms with Gasteiger partial charge < -0.3 is 10.5 Å². The molecule has 16 heavy (non-hydrogen) atoms. The van der Waals surface area contributed by atoms with Crippen molar-refractivity contribution < 1.29 is 13.2 Å². The highest BCUT2D eigenvalue weighted by atomic mass is 32.2. The van der Waals surface area contributed by atoms with E-state index in [2.05, 4.69) is 0 Å². The summed E-state index contributed by atoms with van der Waals surface area (Å²) in [5.41, 5.74) is 6.85. The SMILES string of the molecule is COCCCS(=O)(=O)c1ccc(N)cc1C. The fourth-order valence-electron chi connectivity index (χ4n) is 1.52. The molecule has 0 saturated carbocycles. The molecule has 1 aromatic carbocycles. The van der Waals surface area contributed by atoms with Gasteiger partial charge in [-0.1, -0.05) is 0 Å². The normalized spacial score (nSPS) is 11.6. The molecule has 0 unspecified atom stereocenters. The molecule has 0 saturated heterocycles. The number of methoxy groups -OCH3 is 1. The van der Waals surface area contributed by atoms with Crippen molar-refractivity contribution in [2.75, 3.05) is 25.2 Å². The number of rotatable bonds is 5. The number of benzene rings is 1. The molecule has 1 aromatic rings. The topological polar surface area (TPSA) is 69.4 Å². The van der Waals surface area contributed by atoms with Gasteiger partial charge in [0.15, 0.2) is 9.84 Å². The largest absolute Gasteiger partial charge is 0.399 e. The van der Waals surface area contributed by atoms with Gasteiger partial charge >= 0.3 is 0 Å². The van der Waals surface area contributed by atoms with Crippen LogP contribution in [0.25, 0.3) is 0 Å². The first-order chi connectivity index (χ1) is 7.47. The zero-order valence-electron chi connectivity index (χ0n) is 9.56. The van der Waals surface area contributed by atoms with E-state index in [1.54, 1.807) is 32.2 Å². The molecule has 0 fully saturated rings. The summed E-state index contributed by atoms with van der Waals surface area (Å²) < 4.78 is 28.7. The molecule has 0 radical (unpaired) electrons. The number of nitrogen functional groups attached to an aromatic ring is 1. The quantitative estimate of drug-likeness (QED) is 0.626. The van der Waals surface area contributed by atoms with Crippen LogP contribution in [-0.2, 0) is 14.6 Å². The van der Waals surface area contributed by atoms with E-state index in [0.717, 1.165) is 0 Å². The molecule has 0 spiro atoms. The summed E-state index contributed by atoms with van der Waals surface area (Å²) in [5.74, 6) is 0.103. The standard InChI is InChI=1S/C11H17NO3S/c1-9-8-10(12)4-5-11(9)16(13,14)7-3-6-15-2/h4-5,8H,3,6-7,12H2,1-2H3. The molecule has 0 amide bonds. The van der Waals surface area contributed by atoms with Gasteiger partial charge in [-0.05, 0) is 37.1 Å². The molecule has 0 atom stereocenters. The van der Waals surface area contributed by atoms with Crippen LogP contribution in [0, 0.1) is 6.92 Å². The highest BCUT2D eigenvalue weighted by molar-refractivity contribution is 7.91. The van der Waals surface area contributed by atoms with Crippen LogP contribution < -0.4 is 5.73 Å². The Hall–Kier alpha value is -1.07. The molecule has 0 aliphatic rings. The summed E-state index contributed by atoms with van der Waals surface area (Å²) in [6.07, 6.45) is 0.503. The van der Waals surface area contributed by atoms with E-state index in [1.165, 1.54) is 0 Å². The Morgan fingerprint density at radius 1 is 1.38 bits per heavy atom. The van der Waals surface area contributed by atoms with Crippen molar-refractivity contribution in [3.63, 3.8) is 0 Å². The fourth-order valence-corrected chi connectivity index (χ4v) is 3.07. The Morgan fingerprint density at radius 2 is 2.06 bits per heavy atom. The Morgan fingerprint density at radius 3 is 2.62 bits per heavy atom. The van der Waals surface area contributed by atoms with E-state index in [0.29, 0.717) is 29.2 Å². The maximum atomic E-state index is 11.9. The van der Waals surface area contributed by atoms with Crippen molar-refractivity contribution in [2.24, 2.45) is 0 Å². The van der Waals surface area contributed by atoms with Crippen LogP contribution in [0.15, 0.2) is 23.1 Å². The summed E-state index contributed by atoms with van der Waals surface area (Å²) in [4.78, 5) is 0.359. The first-order valence-electron chi connectivity index (χ1n) is 5.05. The van der Waals surface area contributed by atoms with E-state index in [-0.39, 0.29) is 5.75 Å². The second-order valence-corrected chi connectivity index (χ2v) is 5.77. The van der Waals surface area contributed by atoms with Gasteiger partial charge in [-0.15, -0.1) is 0 Å². The summed E-state index contributed by atoms with van der Waals surface area (Å²) in [6.45, 7) is 2.20. The van der Waals surface area contributed by atoms with E-state index >= 15 is 0 Å². The lowest BCUT2D eigenvalue weighted by molar-refractivity contribution is 0.199. The van der Waals surface area contributed by atoms with Crippen LogP contribution in [0.2, 0.25) is 0 Å². The van der Waals surface area contributed by atoms with Crippen molar-refractivity contribution in [3.8, 4) is 0 Å². The second-order valence-electron chi connectivity index (χ2n) is 3.69. The molecular formula is C11H17NO3S. The van der Waals surface area contributed by atoms with E-state index in [1.807, 2.05) is 0 Å². The van der Waals surface area contributed by atoms with Crippen molar-refractivity contribution in [1.29, 1.82) is 0 Å². The van der Waals surface area contributed by atoms with Gasteiger partial charge in [-0.3, -0.25) is 0 Å². The average molecular weight is 243 g/mol. The molecular weight excluding hydrogens is 226 g/mol. The van der Waals surface area contributed by atoms with Gasteiger partial charge in [0.05, 0.1) is 10.6 Å². The minimum atomic E-state index is -3.22. The number of ether oxygens (including phenoxy) is 1. The molecule has 0 aliphatic heterocycles. The number of aryl methyl sites for hydroxylation is 1. The van der Waals surface area contributed by atoms with Gasteiger partial charge in [0.25, 0.3) is 0 Å². The Labute approximate surface area is 96.3 Å². The van der Waals surface area contributed by atoms with Gasteiger partial charge in [-0.25, -0.2) is 8.42 Å². The smallest absolute Gasteiger partial charge is 0.178 e. The first kappa shape index (κ1) is 13.0. The molecule has 2 N–H and O–H groups in total. The Balaban J connectivity index is 2.90. The number of hydrogen-bond donors (Lipinski definition) is 1. The molecule has 0 aliphatic carbocycles. The summed E-state index contributed by atoms with van der Waals surface area (Å²) in [5, 5.41) is 0. The Kier molecular flexibility index (Phi) is 4.32. The Bertz CT molecular complexity index is 454. The lowest BCUT2D eigenvalue weighted by Gasteiger charge is -2.08. The third-order valence-electron chi connectivity index (χ3n) is 2.30. The maximum absolute atomic E-state index is 11.9. The van der Waals surface area contributed by atoms with Crippen molar-refractivity contribution in [3.05, 3.63) is 23.8 Å². The van der Waals surface area contributed by atoms with Crippen LogP contribution in [0.4, 0.5) is 5.69 Å². The molecule has 4 nitrogen and oxygen atoms in total. The van der Waals surface area contributed by atoms with Crippen LogP contribution in [-0.4, -0.2) is 27.9 Å². The predicted molar refractivity (Wildman–Crippen MR) is 64.1 cm³/mol. The van der Waals surface area contributed by atoms with Gasteiger partial charge in [0.2, 0.25) is 0 Å². The van der Waals surface area contributed by atoms with Crippen molar-refractivity contribution >= 4 is 15.5 Å². The summed E-state index contributed by atoms with van der Waals surface area (Å²) in [6, 6.07) is 4.84.